The van der Waals surface area contributed by atoms with Gasteiger partial charge in [-0.05, 0) is 81.2 Å². The molecule has 2 aliphatic rings. The van der Waals surface area contributed by atoms with E-state index in [-0.39, 0.29) is 0 Å². The van der Waals surface area contributed by atoms with Crippen LogP contribution in [0.1, 0.15) is 38.4 Å². The lowest BCUT2D eigenvalue weighted by molar-refractivity contribution is 0.106. The minimum absolute atomic E-state index is 0.429. The Morgan fingerprint density at radius 2 is 1.93 bits per heavy atom. The van der Waals surface area contributed by atoms with Gasteiger partial charge in [-0.1, -0.05) is 0 Å². The van der Waals surface area contributed by atoms with Crippen LogP contribution in [0.4, 0.5) is 5.69 Å². The highest BCUT2D eigenvalue weighted by Crippen LogP contribution is 2.37. The Labute approximate surface area is 166 Å². The van der Waals surface area contributed by atoms with E-state index < -0.39 is 0 Å². The SMILES string of the molecule is CCOc1ccc(NC(=S)NC2C[C@H]3CC[C@H](C2)N3Cc2ccco2)cc1. The number of nitrogens with one attached hydrogen (secondary N) is 2. The molecule has 1 aromatic carbocycles. The summed E-state index contributed by atoms with van der Waals surface area (Å²) in [5, 5.41) is 7.52. The molecule has 0 unspecified atom stereocenters. The van der Waals surface area contributed by atoms with E-state index in [4.69, 9.17) is 21.4 Å². The molecule has 2 fully saturated rings. The smallest absolute Gasteiger partial charge is 0.170 e. The van der Waals surface area contributed by atoms with E-state index in [2.05, 4.69) is 21.6 Å². The molecule has 2 aliphatic heterocycles. The zero-order valence-corrected chi connectivity index (χ0v) is 16.5. The van der Waals surface area contributed by atoms with Gasteiger partial charge < -0.3 is 19.8 Å². The first-order valence-corrected chi connectivity index (χ1v) is 10.2. The molecule has 2 aromatic rings. The number of benzene rings is 1. The predicted molar refractivity (Wildman–Crippen MR) is 111 cm³/mol. The fourth-order valence-electron chi connectivity index (χ4n) is 4.39. The zero-order chi connectivity index (χ0) is 18.6. The van der Waals surface area contributed by atoms with Crippen molar-refractivity contribution in [3.63, 3.8) is 0 Å². The highest BCUT2D eigenvalue weighted by Gasteiger charge is 2.41. The van der Waals surface area contributed by atoms with Crippen LogP contribution in [0.3, 0.4) is 0 Å². The lowest BCUT2D eigenvalue weighted by atomic mass is 9.97. The van der Waals surface area contributed by atoms with E-state index in [1.165, 1.54) is 12.8 Å². The Morgan fingerprint density at radius 1 is 1.19 bits per heavy atom. The summed E-state index contributed by atoms with van der Waals surface area (Å²) in [6, 6.07) is 13.6. The van der Waals surface area contributed by atoms with Gasteiger partial charge in [-0.15, -0.1) is 0 Å². The Kier molecular flexibility index (Phi) is 5.64. The lowest BCUT2D eigenvalue weighted by Crippen LogP contribution is -2.50. The minimum atomic E-state index is 0.429. The van der Waals surface area contributed by atoms with Crippen molar-refractivity contribution in [2.45, 2.75) is 57.3 Å². The molecule has 0 saturated carbocycles. The summed E-state index contributed by atoms with van der Waals surface area (Å²) in [4.78, 5) is 2.61. The second-order valence-corrected chi connectivity index (χ2v) is 7.77. The Balaban J connectivity index is 1.28. The maximum Gasteiger partial charge on any atom is 0.170 e. The second kappa shape index (κ2) is 8.31. The lowest BCUT2D eigenvalue weighted by Gasteiger charge is -2.39. The maximum atomic E-state index is 5.55. The molecule has 4 rings (SSSR count). The molecule has 2 saturated heterocycles. The molecule has 3 heterocycles. The number of rotatable bonds is 6. The fourth-order valence-corrected chi connectivity index (χ4v) is 4.67. The van der Waals surface area contributed by atoms with Crippen molar-refractivity contribution in [2.75, 3.05) is 11.9 Å². The van der Waals surface area contributed by atoms with Gasteiger partial charge >= 0.3 is 0 Å². The summed E-state index contributed by atoms with van der Waals surface area (Å²) in [6.45, 7) is 3.58. The number of thiocarbonyl (C=S) groups is 1. The van der Waals surface area contributed by atoms with E-state index in [1.54, 1.807) is 6.26 Å². The van der Waals surface area contributed by atoms with Crippen molar-refractivity contribution in [3.8, 4) is 5.75 Å². The van der Waals surface area contributed by atoms with E-state index in [9.17, 15) is 0 Å². The van der Waals surface area contributed by atoms with E-state index in [0.29, 0.717) is 29.8 Å². The number of hydrogen-bond acceptors (Lipinski definition) is 4. The third-order valence-corrected chi connectivity index (χ3v) is 5.78. The van der Waals surface area contributed by atoms with Crippen LogP contribution in [-0.2, 0) is 6.54 Å². The van der Waals surface area contributed by atoms with E-state index in [0.717, 1.165) is 36.6 Å². The van der Waals surface area contributed by atoms with Gasteiger partial charge in [0, 0.05) is 23.8 Å². The van der Waals surface area contributed by atoms with Gasteiger partial charge in [-0.3, -0.25) is 4.90 Å². The molecular weight excluding hydrogens is 358 g/mol. The molecule has 2 bridgehead atoms. The molecule has 6 heteroatoms. The molecular formula is C21H27N3O2S. The summed E-state index contributed by atoms with van der Waals surface area (Å²) in [5.41, 5.74) is 0.981. The van der Waals surface area contributed by atoms with Crippen LogP contribution in [-0.4, -0.2) is 34.7 Å². The molecule has 2 atom stereocenters. The maximum absolute atomic E-state index is 5.55. The molecule has 144 valence electrons. The summed E-state index contributed by atoms with van der Waals surface area (Å²) >= 11 is 5.54. The van der Waals surface area contributed by atoms with Crippen molar-refractivity contribution in [3.05, 3.63) is 48.4 Å². The highest BCUT2D eigenvalue weighted by atomic mass is 32.1. The third-order valence-electron chi connectivity index (χ3n) is 5.56. The van der Waals surface area contributed by atoms with Crippen molar-refractivity contribution in [1.82, 2.24) is 10.2 Å². The first kappa shape index (κ1) is 18.3. The van der Waals surface area contributed by atoms with Crippen molar-refractivity contribution in [2.24, 2.45) is 0 Å². The number of nitrogens with zero attached hydrogens (tertiary/aromatic N) is 1. The summed E-state index contributed by atoms with van der Waals surface area (Å²) in [7, 11) is 0. The van der Waals surface area contributed by atoms with Gasteiger partial charge in [-0.25, -0.2) is 0 Å². The minimum Gasteiger partial charge on any atom is -0.494 e. The fraction of sp³-hybridized carbons (Fsp3) is 0.476. The second-order valence-electron chi connectivity index (χ2n) is 7.36. The van der Waals surface area contributed by atoms with Crippen molar-refractivity contribution >= 4 is 23.0 Å². The van der Waals surface area contributed by atoms with Gasteiger partial charge in [0.2, 0.25) is 0 Å². The highest BCUT2D eigenvalue weighted by molar-refractivity contribution is 7.80. The molecule has 1 aromatic heterocycles. The van der Waals surface area contributed by atoms with Crippen LogP contribution in [0, 0.1) is 0 Å². The van der Waals surface area contributed by atoms with Crippen LogP contribution in [0.2, 0.25) is 0 Å². The van der Waals surface area contributed by atoms with Gasteiger partial charge in [-0.2, -0.15) is 0 Å². The molecule has 0 amide bonds. The topological polar surface area (TPSA) is 49.7 Å². The standard InChI is InChI=1S/C21H27N3O2S/c1-2-25-19-9-5-15(6-10-19)22-21(27)23-16-12-17-7-8-18(13-16)24(17)14-20-4-3-11-26-20/h3-6,9-11,16-18H,2,7-8,12-14H2,1H3,(H2,22,23,27)/t17-,18-/m1/s1. The Bertz CT molecular complexity index is 733. The Hall–Kier alpha value is -2.05. The summed E-state index contributed by atoms with van der Waals surface area (Å²) in [5.74, 6) is 1.94. The monoisotopic (exact) mass is 385 g/mol. The van der Waals surface area contributed by atoms with E-state index in [1.807, 2.05) is 37.3 Å². The van der Waals surface area contributed by atoms with Crippen LogP contribution in [0.15, 0.2) is 47.1 Å². The first-order valence-electron chi connectivity index (χ1n) is 9.79. The molecule has 2 N–H and O–H groups in total. The van der Waals surface area contributed by atoms with Crippen LogP contribution >= 0.6 is 12.2 Å². The summed E-state index contributed by atoms with van der Waals surface area (Å²) < 4.78 is 11.0. The average Bonchev–Trinajstić information content (AvgIpc) is 3.24. The molecule has 0 radical (unpaired) electrons. The number of fused-ring (bicyclic) bond motifs is 2. The molecule has 5 nitrogen and oxygen atoms in total. The van der Waals surface area contributed by atoms with Crippen molar-refractivity contribution < 1.29 is 9.15 Å². The zero-order valence-electron chi connectivity index (χ0n) is 15.7. The first-order chi connectivity index (χ1) is 13.2. The van der Waals surface area contributed by atoms with Gasteiger partial charge in [0.15, 0.2) is 5.11 Å². The van der Waals surface area contributed by atoms with Gasteiger partial charge in [0.25, 0.3) is 0 Å². The number of piperidine rings is 1. The molecule has 0 spiro atoms. The number of hydrogen-bond donors (Lipinski definition) is 2. The van der Waals surface area contributed by atoms with Crippen molar-refractivity contribution in [1.29, 1.82) is 0 Å². The van der Waals surface area contributed by atoms with Crippen LogP contribution < -0.4 is 15.4 Å². The normalized spacial score (nSPS) is 24.6. The summed E-state index contributed by atoms with van der Waals surface area (Å²) in [6.07, 6.45) is 6.55. The molecule has 27 heavy (non-hydrogen) atoms. The third kappa shape index (κ3) is 4.45. The van der Waals surface area contributed by atoms with Crippen LogP contribution in [0.25, 0.3) is 0 Å². The van der Waals surface area contributed by atoms with E-state index >= 15 is 0 Å². The quantitative estimate of drug-likeness (QED) is 0.728. The average molecular weight is 386 g/mol. The largest absolute Gasteiger partial charge is 0.494 e. The number of furan rings is 1. The molecule has 0 aliphatic carbocycles. The van der Waals surface area contributed by atoms with Crippen LogP contribution in [0.5, 0.6) is 5.75 Å². The van der Waals surface area contributed by atoms with Gasteiger partial charge in [0.05, 0.1) is 19.4 Å². The number of anilines is 1. The Morgan fingerprint density at radius 3 is 2.56 bits per heavy atom. The number of ether oxygens (including phenoxy) is 1. The van der Waals surface area contributed by atoms with Gasteiger partial charge in [0.1, 0.15) is 11.5 Å². The predicted octanol–water partition coefficient (Wildman–Crippen LogP) is 4.16.